The van der Waals surface area contributed by atoms with E-state index in [1.54, 1.807) is 12.1 Å². The summed E-state index contributed by atoms with van der Waals surface area (Å²) in [5, 5.41) is 3.13. The van der Waals surface area contributed by atoms with Gasteiger partial charge in [-0.3, -0.25) is 9.59 Å². The number of aryl methyl sites for hydroxylation is 1. The lowest BCUT2D eigenvalue weighted by atomic mass is 9.91. The molecule has 3 rings (SSSR count). The second-order valence-electron chi connectivity index (χ2n) is 8.61. The first-order valence-electron chi connectivity index (χ1n) is 10.2. The minimum atomic E-state index is -0.427. The maximum absolute atomic E-state index is 13.1. The van der Waals surface area contributed by atoms with Crippen LogP contribution < -0.4 is 5.32 Å². The number of hydrogen-bond acceptors (Lipinski definition) is 2. The van der Waals surface area contributed by atoms with Gasteiger partial charge in [-0.1, -0.05) is 29.8 Å². The summed E-state index contributed by atoms with van der Waals surface area (Å²) in [5.74, 6) is -0.299. The van der Waals surface area contributed by atoms with Gasteiger partial charge in [0.25, 0.3) is 5.91 Å². The summed E-state index contributed by atoms with van der Waals surface area (Å²) >= 11 is 0. The molecule has 5 heteroatoms. The molecule has 4 nitrogen and oxygen atoms in total. The number of halogens is 1. The largest absolute Gasteiger partial charge is 0.351 e. The molecular weight excluding hydrogens is 367 g/mol. The summed E-state index contributed by atoms with van der Waals surface area (Å²) in [4.78, 5) is 27.2. The van der Waals surface area contributed by atoms with Crippen LogP contribution in [-0.2, 0) is 11.2 Å². The summed E-state index contributed by atoms with van der Waals surface area (Å²) in [6, 6.07) is 14.0. The maximum Gasteiger partial charge on any atom is 0.253 e. The van der Waals surface area contributed by atoms with Crippen LogP contribution in [0.3, 0.4) is 0 Å². The molecule has 1 N–H and O–H groups in total. The molecular formula is C24H29FN2O2. The highest BCUT2D eigenvalue weighted by atomic mass is 19.1. The Bertz CT molecular complexity index is 851. The Morgan fingerprint density at radius 3 is 2.21 bits per heavy atom. The predicted octanol–water partition coefficient (Wildman–Crippen LogP) is 4.12. The average molecular weight is 397 g/mol. The lowest BCUT2D eigenvalue weighted by Gasteiger charge is -2.34. The van der Waals surface area contributed by atoms with Gasteiger partial charge in [0.1, 0.15) is 5.82 Å². The molecule has 2 aromatic carbocycles. The number of carbonyl (C=O) groups excluding carboxylic acids is 2. The lowest BCUT2D eigenvalue weighted by molar-refractivity contribution is -0.127. The number of nitrogens with one attached hydrogen (secondary N) is 1. The van der Waals surface area contributed by atoms with Gasteiger partial charge in [0, 0.05) is 30.1 Å². The van der Waals surface area contributed by atoms with Crippen molar-refractivity contribution >= 4 is 11.8 Å². The molecule has 29 heavy (non-hydrogen) atoms. The lowest BCUT2D eigenvalue weighted by Crippen LogP contribution is -2.50. The third-order valence-corrected chi connectivity index (χ3v) is 5.47. The predicted molar refractivity (Wildman–Crippen MR) is 112 cm³/mol. The Morgan fingerprint density at radius 1 is 1.03 bits per heavy atom. The zero-order valence-electron chi connectivity index (χ0n) is 17.4. The van der Waals surface area contributed by atoms with Crippen LogP contribution in [0.4, 0.5) is 4.39 Å². The first kappa shape index (κ1) is 21.0. The SMILES string of the molecule is Cc1ccc(C(=O)N2CCC(C(=O)NC(C)(C)Cc3ccc(F)cc3)CC2)cc1. The molecule has 1 saturated heterocycles. The van der Waals surface area contributed by atoms with E-state index in [1.165, 1.54) is 12.1 Å². The fourth-order valence-electron chi connectivity index (χ4n) is 3.82. The minimum absolute atomic E-state index is 0.0274. The third kappa shape index (κ3) is 5.66. The van der Waals surface area contributed by atoms with Gasteiger partial charge in [-0.05, 0) is 69.9 Å². The number of benzene rings is 2. The van der Waals surface area contributed by atoms with E-state index in [9.17, 15) is 14.0 Å². The number of carbonyl (C=O) groups is 2. The summed E-state index contributed by atoms with van der Waals surface area (Å²) in [6.45, 7) is 7.12. The molecule has 1 aliphatic heterocycles. The number of rotatable bonds is 5. The minimum Gasteiger partial charge on any atom is -0.351 e. The summed E-state index contributed by atoms with van der Waals surface area (Å²) < 4.78 is 13.1. The number of nitrogens with zero attached hydrogens (tertiary/aromatic N) is 1. The van der Waals surface area contributed by atoms with E-state index in [0.717, 1.165) is 11.1 Å². The van der Waals surface area contributed by atoms with E-state index >= 15 is 0 Å². The summed E-state index contributed by atoms with van der Waals surface area (Å²) in [5.41, 5.74) is 2.37. The van der Waals surface area contributed by atoms with Crippen molar-refractivity contribution in [2.45, 2.75) is 45.6 Å². The Morgan fingerprint density at radius 2 is 1.62 bits per heavy atom. The van der Waals surface area contributed by atoms with Crippen molar-refractivity contribution in [3.63, 3.8) is 0 Å². The molecule has 154 valence electrons. The van der Waals surface area contributed by atoms with Crippen molar-refractivity contribution in [3.05, 3.63) is 71.0 Å². The molecule has 0 aromatic heterocycles. The van der Waals surface area contributed by atoms with Gasteiger partial charge in [0.05, 0.1) is 0 Å². The second kappa shape index (κ2) is 8.76. The molecule has 2 aromatic rings. The summed E-state index contributed by atoms with van der Waals surface area (Å²) in [6.07, 6.45) is 1.95. The van der Waals surface area contributed by atoms with Gasteiger partial charge in [0.15, 0.2) is 0 Å². The van der Waals surface area contributed by atoms with Crippen molar-refractivity contribution < 1.29 is 14.0 Å². The standard InChI is InChI=1S/C24H29FN2O2/c1-17-4-8-20(9-5-17)23(29)27-14-12-19(13-15-27)22(28)26-24(2,3)16-18-6-10-21(25)11-7-18/h4-11,19H,12-16H2,1-3H3,(H,26,28). The van der Waals surface area contributed by atoms with Gasteiger partial charge in [0.2, 0.25) is 5.91 Å². The van der Waals surface area contributed by atoms with Crippen LogP contribution >= 0.6 is 0 Å². The van der Waals surface area contributed by atoms with E-state index in [2.05, 4.69) is 5.32 Å². The molecule has 1 heterocycles. The zero-order valence-corrected chi connectivity index (χ0v) is 17.4. The Balaban J connectivity index is 1.52. The number of amides is 2. The monoisotopic (exact) mass is 396 g/mol. The quantitative estimate of drug-likeness (QED) is 0.826. The van der Waals surface area contributed by atoms with Gasteiger partial charge < -0.3 is 10.2 Å². The smallest absolute Gasteiger partial charge is 0.253 e. The van der Waals surface area contributed by atoms with Crippen LogP contribution in [-0.4, -0.2) is 35.3 Å². The number of piperidine rings is 1. The molecule has 0 saturated carbocycles. The molecule has 1 fully saturated rings. The highest BCUT2D eigenvalue weighted by molar-refractivity contribution is 5.94. The molecule has 0 bridgehead atoms. The summed E-state index contributed by atoms with van der Waals surface area (Å²) in [7, 11) is 0. The van der Waals surface area contributed by atoms with E-state index < -0.39 is 5.54 Å². The molecule has 0 radical (unpaired) electrons. The van der Waals surface area contributed by atoms with Crippen molar-refractivity contribution in [2.75, 3.05) is 13.1 Å². The fourth-order valence-corrected chi connectivity index (χ4v) is 3.82. The first-order chi connectivity index (χ1) is 13.7. The van der Waals surface area contributed by atoms with Crippen LogP contribution in [0.25, 0.3) is 0 Å². The fraction of sp³-hybridized carbons (Fsp3) is 0.417. The van der Waals surface area contributed by atoms with E-state index in [4.69, 9.17) is 0 Å². The van der Waals surface area contributed by atoms with Crippen molar-refractivity contribution in [1.82, 2.24) is 10.2 Å². The highest BCUT2D eigenvalue weighted by Crippen LogP contribution is 2.21. The molecule has 0 unspecified atom stereocenters. The zero-order chi connectivity index (χ0) is 21.0. The molecule has 0 atom stereocenters. The third-order valence-electron chi connectivity index (χ3n) is 5.47. The first-order valence-corrected chi connectivity index (χ1v) is 10.2. The normalized spacial score (nSPS) is 15.2. The Hall–Kier alpha value is -2.69. The molecule has 2 amide bonds. The van der Waals surface area contributed by atoms with Crippen LogP contribution in [0.5, 0.6) is 0 Å². The van der Waals surface area contributed by atoms with Crippen molar-refractivity contribution in [2.24, 2.45) is 5.92 Å². The van der Waals surface area contributed by atoms with E-state index in [-0.39, 0.29) is 23.5 Å². The molecule has 0 aliphatic carbocycles. The van der Waals surface area contributed by atoms with E-state index in [0.29, 0.717) is 37.9 Å². The van der Waals surface area contributed by atoms with Gasteiger partial charge in [-0.25, -0.2) is 4.39 Å². The van der Waals surface area contributed by atoms with Crippen molar-refractivity contribution in [1.29, 1.82) is 0 Å². The average Bonchev–Trinajstić information content (AvgIpc) is 2.69. The molecule has 0 spiro atoms. The van der Waals surface area contributed by atoms with Crippen LogP contribution in [0.1, 0.15) is 48.2 Å². The second-order valence-corrected chi connectivity index (χ2v) is 8.61. The van der Waals surface area contributed by atoms with Crippen LogP contribution in [0.15, 0.2) is 48.5 Å². The highest BCUT2D eigenvalue weighted by Gasteiger charge is 2.30. The Kier molecular flexibility index (Phi) is 6.36. The van der Waals surface area contributed by atoms with Gasteiger partial charge in [-0.15, -0.1) is 0 Å². The number of hydrogen-bond donors (Lipinski definition) is 1. The molecule has 1 aliphatic rings. The topological polar surface area (TPSA) is 49.4 Å². The maximum atomic E-state index is 13.1. The Labute approximate surface area is 172 Å². The van der Waals surface area contributed by atoms with Gasteiger partial charge in [-0.2, -0.15) is 0 Å². The van der Waals surface area contributed by atoms with Gasteiger partial charge >= 0.3 is 0 Å². The van der Waals surface area contributed by atoms with Crippen LogP contribution in [0.2, 0.25) is 0 Å². The van der Waals surface area contributed by atoms with Crippen molar-refractivity contribution in [3.8, 4) is 0 Å². The van der Waals surface area contributed by atoms with Crippen LogP contribution in [0, 0.1) is 18.7 Å². The van der Waals surface area contributed by atoms with E-state index in [1.807, 2.05) is 49.9 Å². The number of likely N-dealkylation sites (tertiary alicyclic amines) is 1.